The molecule has 15 heteroatoms. The van der Waals surface area contributed by atoms with Gasteiger partial charge in [-0.3, -0.25) is 19.2 Å². The van der Waals surface area contributed by atoms with Crippen LogP contribution < -0.4 is 5.32 Å². The molecule has 15 nitrogen and oxygen atoms in total. The van der Waals surface area contributed by atoms with E-state index < -0.39 is 113 Å². The lowest BCUT2D eigenvalue weighted by Crippen LogP contribution is -2.82. The Morgan fingerprint density at radius 3 is 2.34 bits per heavy atom. The third-order valence-corrected chi connectivity index (χ3v) is 13.6. The van der Waals surface area contributed by atoms with Gasteiger partial charge in [0, 0.05) is 38.5 Å². The lowest BCUT2D eigenvalue weighted by atomic mass is 9.44. The van der Waals surface area contributed by atoms with E-state index in [2.05, 4.69) is 5.32 Å². The first-order valence-electron chi connectivity index (χ1n) is 20.8. The van der Waals surface area contributed by atoms with Crippen LogP contribution in [0.15, 0.2) is 77.9 Å². The minimum Gasteiger partial charge on any atom is -0.456 e. The summed E-state index contributed by atoms with van der Waals surface area (Å²) in [5.41, 5.74) is -6.36. The summed E-state index contributed by atoms with van der Waals surface area (Å²) in [7, 11) is 0. The Labute approximate surface area is 359 Å². The molecule has 2 aliphatic heterocycles. The van der Waals surface area contributed by atoms with Gasteiger partial charge in [-0.15, -0.1) is 0 Å². The molecule has 2 heterocycles. The first kappa shape index (κ1) is 44.6. The van der Waals surface area contributed by atoms with Gasteiger partial charge in [0.25, 0.3) is 0 Å². The molecule has 2 saturated carbocycles. The van der Waals surface area contributed by atoms with Crippen LogP contribution in [0.2, 0.25) is 0 Å². The zero-order chi connectivity index (χ0) is 44.9. The number of aliphatic hydroxyl groups is 3. The minimum atomic E-state index is -2.38. The van der Waals surface area contributed by atoms with Crippen LogP contribution in [-0.2, 0) is 47.7 Å². The van der Waals surface area contributed by atoms with Gasteiger partial charge in [-0.2, -0.15) is 0 Å². The van der Waals surface area contributed by atoms with Crippen LogP contribution in [0.25, 0.3) is 12.2 Å². The number of fused-ring (bicyclic) bond motifs is 8. The topological polar surface area (TPSA) is 221 Å². The van der Waals surface area contributed by atoms with E-state index in [4.69, 9.17) is 23.7 Å². The number of rotatable bonds is 4. The van der Waals surface area contributed by atoms with Crippen molar-refractivity contribution in [3.63, 3.8) is 0 Å². The number of carbonyl (C=O) groups is 6. The molecule has 3 aliphatic carbocycles. The number of hydrogen-bond donors (Lipinski definition) is 4. The Hall–Kier alpha value is -5.48. The Morgan fingerprint density at radius 1 is 0.952 bits per heavy atom. The van der Waals surface area contributed by atoms with Gasteiger partial charge in [-0.05, 0) is 54.7 Å². The number of Topliss-reactive ketones (excluding diaryl/α,β-unsaturated/α-hetero) is 1. The summed E-state index contributed by atoms with van der Waals surface area (Å²) >= 11 is 0. The lowest BCUT2D eigenvalue weighted by molar-refractivity contribution is -0.346. The molecule has 2 unspecified atom stereocenters. The number of benzene rings is 2. The molecule has 2 aromatic carbocycles. The smallest absolute Gasteiger partial charge is 0.338 e. The molecule has 0 spiro atoms. The maximum Gasteiger partial charge on any atom is 0.338 e. The van der Waals surface area contributed by atoms with Gasteiger partial charge < -0.3 is 44.3 Å². The molecule has 11 atom stereocenters. The quantitative estimate of drug-likeness (QED) is 0.196. The summed E-state index contributed by atoms with van der Waals surface area (Å²) in [6, 6.07) is 14.1. The molecule has 330 valence electrons. The highest BCUT2D eigenvalue weighted by Crippen LogP contribution is 2.64. The molecule has 3 fully saturated rings. The Kier molecular flexibility index (Phi) is 12.0. The largest absolute Gasteiger partial charge is 0.456 e. The number of carbonyl (C=O) groups excluding carboxylic acids is 6. The lowest BCUT2D eigenvalue weighted by Gasteiger charge is -2.67. The van der Waals surface area contributed by atoms with Crippen LogP contribution in [0.4, 0.5) is 0 Å². The van der Waals surface area contributed by atoms with E-state index in [0.29, 0.717) is 11.1 Å². The number of ketones is 1. The van der Waals surface area contributed by atoms with Crippen LogP contribution >= 0.6 is 0 Å². The summed E-state index contributed by atoms with van der Waals surface area (Å²) in [6.45, 7) is 8.02. The van der Waals surface area contributed by atoms with Crippen molar-refractivity contribution in [2.45, 2.75) is 121 Å². The van der Waals surface area contributed by atoms with Crippen molar-refractivity contribution in [1.82, 2.24) is 5.32 Å². The Bertz CT molecular complexity index is 2250. The van der Waals surface area contributed by atoms with E-state index in [1.807, 2.05) is 6.07 Å². The molecule has 4 N–H and O–H groups in total. The summed E-state index contributed by atoms with van der Waals surface area (Å²) < 4.78 is 30.4. The number of hydrogen-bond acceptors (Lipinski definition) is 14. The number of aliphatic hydroxyl groups excluding tert-OH is 2. The standard InChI is InChI=1S/C47H53NO14/c1-25-32-23-47(57)41(39-45(6,33(51)22-34-46(39,24-58-34)62-27(3)50)40(54)38(59-26(2)49)36(25)44(47,4)5)61-42(55)30-17-12-16-29(21-30)15-10-11-18-35(52)48-31(37(53)43(56)60-32)20-19-28-13-8-7-9-14-28/h7-10,12-17,19-21,31-34,37-39,41,51,53,57H,11,18,22-24H2,1-6H3,(H,48,52)/b15-10+,20-19+/t31?,32-,33-,34+,37+,38+,39+,41-,45+,46-,47?/m0/s1. The fourth-order valence-corrected chi connectivity index (χ4v) is 10.3. The molecule has 2 aromatic rings. The number of nitrogens with one attached hydrogen (secondary N) is 1. The molecule has 0 aromatic heterocycles. The fourth-order valence-electron chi connectivity index (χ4n) is 10.3. The second-order valence-corrected chi connectivity index (χ2v) is 17.7. The van der Waals surface area contributed by atoms with Gasteiger partial charge in [0.15, 0.2) is 23.6 Å². The average Bonchev–Trinajstić information content (AvgIpc) is 3.21. The third kappa shape index (κ3) is 7.58. The van der Waals surface area contributed by atoms with Crippen LogP contribution in [0.3, 0.4) is 0 Å². The molecular formula is C47H53NO14. The van der Waals surface area contributed by atoms with Crippen molar-refractivity contribution in [3.05, 3.63) is 94.6 Å². The second-order valence-electron chi connectivity index (χ2n) is 17.7. The van der Waals surface area contributed by atoms with Crippen LogP contribution in [-0.4, -0.2) is 111 Å². The average molecular weight is 856 g/mol. The third-order valence-electron chi connectivity index (χ3n) is 13.6. The molecule has 1 saturated heterocycles. The predicted molar refractivity (Wildman–Crippen MR) is 220 cm³/mol. The summed E-state index contributed by atoms with van der Waals surface area (Å²) in [5, 5.41) is 40.2. The Morgan fingerprint density at radius 2 is 1.68 bits per heavy atom. The summed E-state index contributed by atoms with van der Waals surface area (Å²) in [4.78, 5) is 83.6. The molecule has 62 heavy (non-hydrogen) atoms. The highest BCUT2D eigenvalue weighted by atomic mass is 16.6. The zero-order valence-electron chi connectivity index (χ0n) is 35.5. The van der Waals surface area contributed by atoms with Crippen molar-refractivity contribution in [2.75, 3.05) is 6.61 Å². The van der Waals surface area contributed by atoms with Gasteiger partial charge in [0.2, 0.25) is 5.91 Å². The summed E-state index contributed by atoms with van der Waals surface area (Å²) in [6.07, 6.45) is -3.71. The van der Waals surface area contributed by atoms with E-state index in [9.17, 15) is 39.3 Å². The van der Waals surface area contributed by atoms with E-state index in [0.717, 1.165) is 13.8 Å². The zero-order valence-corrected chi connectivity index (χ0v) is 35.5. The van der Waals surface area contributed by atoms with Gasteiger partial charge in [0.05, 0.1) is 35.6 Å². The van der Waals surface area contributed by atoms with E-state index in [-0.39, 0.29) is 42.6 Å². The number of allylic oxidation sites excluding steroid dienone is 1. The number of amides is 1. The van der Waals surface area contributed by atoms with Gasteiger partial charge >= 0.3 is 23.9 Å². The maximum absolute atomic E-state index is 15.5. The number of esters is 4. The normalized spacial score (nSPS) is 36.4. The molecule has 5 aliphatic rings. The van der Waals surface area contributed by atoms with E-state index >= 15 is 4.79 Å². The highest BCUT2D eigenvalue weighted by molar-refractivity contribution is 5.96. The molecular weight excluding hydrogens is 803 g/mol. The van der Waals surface area contributed by atoms with E-state index in [1.165, 1.54) is 26.0 Å². The van der Waals surface area contributed by atoms with Gasteiger partial charge in [-0.1, -0.05) is 80.6 Å². The molecule has 1 amide bonds. The predicted octanol–water partition coefficient (Wildman–Crippen LogP) is 3.57. The van der Waals surface area contributed by atoms with E-state index in [1.54, 1.807) is 74.5 Å². The van der Waals surface area contributed by atoms with Gasteiger partial charge in [0.1, 0.15) is 23.9 Å². The summed E-state index contributed by atoms with van der Waals surface area (Å²) in [5.74, 6) is -6.71. The first-order valence-corrected chi connectivity index (χ1v) is 20.8. The van der Waals surface area contributed by atoms with Crippen LogP contribution in [0.5, 0.6) is 0 Å². The van der Waals surface area contributed by atoms with Gasteiger partial charge in [-0.25, -0.2) is 9.59 Å². The Balaban J connectivity index is 1.46. The van der Waals surface area contributed by atoms with Crippen LogP contribution in [0, 0.1) is 16.7 Å². The second kappa shape index (κ2) is 16.7. The molecule has 0 radical (unpaired) electrons. The van der Waals surface area contributed by atoms with Crippen LogP contribution in [0.1, 0.15) is 88.7 Å². The van der Waals surface area contributed by atoms with Crippen molar-refractivity contribution >= 4 is 47.7 Å². The SMILES string of the molecule is CC(=O)O[C@H]1C(=O)[C@]2(C)[C@@H](O)C[C@H]3OC[C@@]3(OC(C)=O)[C@@H]2[C@@H]2OC(=O)c3cccc(c3)/C=C/CCC(=O)NC(/C=C/c3ccccc3)[C@@H](O)C(=O)O[C@H]3CC2(O)C(C)(C)C1=C3C. The minimum absolute atomic E-state index is 0.00651. The highest BCUT2D eigenvalue weighted by Gasteiger charge is 2.78. The van der Waals surface area contributed by atoms with Crippen molar-refractivity contribution < 1.29 is 67.8 Å². The maximum atomic E-state index is 15.5. The first-order chi connectivity index (χ1) is 29.2. The van der Waals surface area contributed by atoms with Crippen molar-refractivity contribution in [3.8, 4) is 0 Å². The van der Waals surface area contributed by atoms with Crippen molar-refractivity contribution in [1.29, 1.82) is 0 Å². The molecule has 5 bridgehead atoms. The monoisotopic (exact) mass is 855 g/mol. The van der Waals surface area contributed by atoms with Crippen molar-refractivity contribution in [2.24, 2.45) is 16.7 Å². The number of ether oxygens (including phenoxy) is 5. The molecule has 7 rings (SSSR count). The fraction of sp³-hybridized carbons (Fsp3) is 0.489.